The van der Waals surface area contributed by atoms with E-state index in [2.05, 4.69) is 22.3 Å². The summed E-state index contributed by atoms with van der Waals surface area (Å²) in [7, 11) is 0. The first-order chi connectivity index (χ1) is 16.1. The first kappa shape index (κ1) is 22.7. The largest absolute Gasteiger partial charge is 0.368 e. The first-order valence-electron chi connectivity index (χ1n) is 11.3. The third-order valence-electron chi connectivity index (χ3n) is 6.07. The second kappa shape index (κ2) is 10.9. The van der Waals surface area contributed by atoms with Crippen LogP contribution in [0.1, 0.15) is 22.7 Å². The smallest absolute Gasteiger partial charge is 0.236 e. The summed E-state index contributed by atoms with van der Waals surface area (Å²) < 4.78 is 0. The molecule has 33 heavy (non-hydrogen) atoms. The van der Waals surface area contributed by atoms with E-state index in [4.69, 9.17) is 5.73 Å². The summed E-state index contributed by atoms with van der Waals surface area (Å²) in [5, 5.41) is 3.16. The van der Waals surface area contributed by atoms with E-state index in [0.29, 0.717) is 13.1 Å². The number of benzene rings is 3. The number of rotatable bonds is 8. The van der Waals surface area contributed by atoms with Crippen LogP contribution in [0.15, 0.2) is 91.0 Å². The first-order valence-corrected chi connectivity index (χ1v) is 11.3. The zero-order valence-electron chi connectivity index (χ0n) is 18.6. The van der Waals surface area contributed by atoms with Crippen LogP contribution in [0.3, 0.4) is 0 Å². The number of carbonyl (C=O) groups is 2. The maximum atomic E-state index is 13.1. The van der Waals surface area contributed by atoms with Gasteiger partial charge in [0.25, 0.3) is 0 Å². The van der Waals surface area contributed by atoms with Gasteiger partial charge in [-0.25, -0.2) is 0 Å². The molecule has 0 aromatic heterocycles. The number of nitrogens with two attached hydrogens (primary N) is 1. The van der Waals surface area contributed by atoms with Gasteiger partial charge in [0.15, 0.2) is 0 Å². The van der Waals surface area contributed by atoms with E-state index >= 15 is 0 Å². The lowest BCUT2D eigenvalue weighted by Crippen LogP contribution is -2.59. The van der Waals surface area contributed by atoms with Crippen molar-refractivity contribution >= 4 is 11.8 Å². The maximum absolute atomic E-state index is 13.1. The monoisotopic (exact) mass is 442 g/mol. The molecule has 0 aliphatic carbocycles. The maximum Gasteiger partial charge on any atom is 0.236 e. The Labute approximate surface area is 195 Å². The van der Waals surface area contributed by atoms with Gasteiger partial charge in [0, 0.05) is 26.2 Å². The molecule has 4 rings (SSSR count). The number of piperazine rings is 1. The van der Waals surface area contributed by atoms with Crippen molar-refractivity contribution in [3.8, 4) is 0 Å². The summed E-state index contributed by atoms with van der Waals surface area (Å²) >= 11 is 0. The zero-order chi connectivity index (χ0) is 23.0. The summed E-state index contributed by atoms with van der Waals surface area (Å²) in [4.78, 5) is 29.4. The Morgan fingerprint density at radius 2 is 1.39 bits per heavy atom. The average molecular weight is 443 g/mol. The van der Waals surface area contributed by atoms with Gasteiger partial charge in [0.1, 0.15) is 6.04 Å². The van der Waals surface area contributed by atoms with Gasteiger partial charge in [0.05, 0.1) is 12.6 Å². The van der Waals surface area contributed by atoms with Crippen molar-refractivity contribution in [1.82, 2.24) is 15.1 Å². The number of nitrogens with zero attached hydrogens (tertiary/aromatic N) is 2. The minimum Gasteiger partial charge on any atom is -0.368 e. The highest BCUT2D eigenvalue weighted by molar-refractivity contribution is 5.83. The zero-order valence-corrected chi connectivity index (χ0v) is 18.6. The molecule has 3 aromatic carbocycles. The Morgan fingerprint density at radius 3 is 1.94 bits per heavy atom. The van der Waals surface area contributed by atoms with Crippen LogP contribution < -0.4 is 11.1 Å². The van der Waals surface area contributed by atoms with Gasteiger partial charge in [-0.05, 0) is 16.7 Å². The van der Waals surface area contributed by atoms with Gasteiger partial charge in [0.2, 0.25) is 11.8 Å². The summed E-state index contributed by atoms with van der Waals surface area (Å²) in [5.41, 5.74) is 8.95. The molecular weight excluding hydrogens is 412 g/mol. The molecule has 3 aromatic rings. The molecule has 0 radical (unpaired) electrons. The molecule has 1 atom stereocenters. The van der Waals surface area contributed by atoms with E-state index in [0.717, 1.165) is 24.2 Å². The number of amides is 2. The van der Waals surface area contributed by atoms with Crippen LogP contribution in [0.2, 0.25) is 0 Å². The van der Waals surface area contributed by atoms with E-state index in [1.807, 2.05) is 83.8 Å². The molecule has 170 valence electrons. The van der Waals surface area contributed by atoms with Gasteiger partial charge in [-0.3, -0.25) is 19.4 Å². The molecule has 1 aliphatic heterocycles. The van der Waals surface area contributed by atoms with Crippen LogP contribution in [0, 0.1) is 0 Å². The predicted molar refractivity (Wildman–Crippen MR) is 129 cm³/mol. The fourth-order valence-corrected chi connectivity index (χ4v) is 4.36. The quantitative estimate of drug-likeness (QED) is 0.562. The fraction of sp³-hybridized carbons (Fsp3) is 0.259. The molecule has 0 spiro atoms. The van der Waals surface area contributed by atoms with Crippen LogP contribution in [-0.4, -0.2) is 53.8 Å². The average Bonchev–Trinajstić information content (AvgIpc) is 2.85. The molecule has 1 heterocycles. The van der Waals surface area contributed by atoms with E-state index in [-0.39, 0.29) is 18.5 Å². The van der Waals surface area contributed by atoms with Crippen LogP contribution in [-0.2, 0) is 16.1 Å². The van der Waals surface area contributed by atoms with Gasteiger partial charge >= 0.3 is 0 Å². The molecular formula is C27H30N4O2. The normalized spacial score (nSPS) is 17.1. The molecule has 1 unspecified atom stereocenters. The fourth-order valence-electron chi connectivity index (χ4n) is 4.36. The van der Waals surface area contributed by atoms with Crippen molar-refractivity contribution in [1.29, 1.82) is 0 Å². The summed E-state index contributed by atoms with van der Waals surface area (Å²) in [6.07, 6.45) is 0. The lowest BCUT2D eigenvalue weighted by atomic mass is 9.98. The lowest BCUT2D eigenvalue weighted by molar-refractivity contribution is -0.129. The Bertz CT molecular complexity index is 1000. The molecule has 0 saturated carbocycles. The van der Waals surface area contributed by atoms with Gasteiger partial charge in [-0.1, -0.05) is 91.0 Å². The Hall–Kier alpha value is -3.48. The van der Waals surface area contributed by atoms with Crippen LogP contribution >= 0.6 is 0 Å². The van der Waals surface area contributed by atoms with Gasteiger partial charge in [-0.15, -0.1) is 0 Å². The van der Waals surface area contributed by atoms with Crippen molar-refractivity contribution in [2.75, 3.05) is 26.2 Å². The van der Waals surface area contributed by atoms with E-state index < -0.39 is 11.9 Å². The molecule has 6 nitrogen and oxygen atoms in total. The highest BCUT2D eigenvalue weighted by Crippen LogP contribution is 2.22. The van der Waals surface area contributed by atoms with E-state index in [1.165, 1.54) is 5.56 Å². The number of hydrogen-bond donors (Lipinski definition) is 2. The molecule has 3 N–H and O–H groups in total. The predicted octanol–water partition coefficient (Wildman–Crippen LogP) is 2.56. The lowest BCUT2D eigenvalue weighted by Gasteiger charge is -2.39. The Morgan fingerprint density at radius 1 is 0.848 bits per heavy atom. The van der Waals surface area contributed by atoms with Gasteiger partial charge < -0.3 is 11.1 Å². The minimum absolute atomic E-state index is 0.128. The second-order valence-corrected chi connectivity index (χ2v) is 8.43. The Balaban J connectivity index is 1.42. The number of primary amides is 1. The van der Waals surface area contributed by atoms with Crippen molar-refractivity contribution in [3.05, 3.63) is 108 Å². The number of carbonyl (C=O) groups excluding carboxylic acids is 2. The summed E-state index contributed by atoms with van der Waals surface area (Å²) in [6, 6.07) is 29.2. The van der Waals surface area contributed by atoms with Crippen LogP contribution in [0.5, 0.6) is 0 Å². The highest BCUT2D eigenvalue weighted by Gasteiger charge is 2.32. The van der Waals surface area contributed by atoms with Crippen LogP contribution in [0.4, 0.5) is 0 Å². The van der Waals surface area contributed by atoms with Crippen molar-refractivity contribution < 1.29 is 9.59 Å². The third-order valence-corrected chi connectivity index (χ3v) is 6.07. The SMILES string of the molecule is NC(=O)C1CN(Cc2ccccc2)CCN1CC(=O)NC(c1ccccc1)c1ccccc1. The van der Waals surface area contributed by atoms with E-state index in [1.54, 1.807) is 0 Å². The van der Waals surface area contributed by atoms with Gasteiger partial charge in [-0.2, -0.15) is 0 Å². The van der Waals surface area contributed by atoms with E-state index in [9.17, 15) is 9.59 Å². The molecule has 0 bridgehead atoms. The third kappa shape index (κ3) is 6.06. The topological polar surface area (TPSA) is 78.7 Å². The highest BCUT2D eigenvalue weighted by atomic mass is 16.2. The number of nitrogens with one attached hydrogen (secondary N) is 1. The van der Waals surface area contributed by atoms with Crippen molar-refractivity contribution in [3.63, 3.8) is 0 Å². The minimum atomic E-state index is -0.500. The molecule has 1 fully saturated rings. The second-order valence-electron chi connectivity index (χ2n) is 8.43. The Kier molecular flexibility index (Phi) is 7.50. The summed E-state index contributed by atoms with van der Waals surface area (Å²) in [5.74, 6) is -0.529. The number of hydrogen-bond acceptors (Lipinski definition) is 4. The van der Waals surface area contributed by atoms with Crippen LogP contribution in [0.25, 0.3) is 0 Å². The van der Waals surface area contributed by atoms with Crippen molar-refractivity contribution in [2.24, 2.45) is 5.73 Å². The molecule has 1 aliphatic rings. The van der Waals surface area contributed by atoms with Crippen molar-refractivity contribution in [2.45, 2.75) is 18.6 Å². The molecule has 1 saturated heterocycles. The molecule has 6 heteroatoms. The summed E-state index contributed by atoms with van der Waals surface area (Å²) in [6.45, 7) is 2.78. The molecule has 2 amide bonds. The standard InChI is InChI=1S/C27H30N4O2/c28-27(33)24-19-30(18-21-10-4-1-5-11-21)16-17-31(24)20-25(32)29-26(22-12-6-2-7-13-22)23-14-8-3-9-15-23/h1-15,24,26H,16-20H2,(H2,28,33)(H,29,32).